The van der Waals surface area contributed by atoms with E-state index in [9.17, 15) is 4.79 Å². The summed E-state index contributed by atoms with van der Waals surface area (Å²) in [7, 11) is 0. The average Bonchev–Trinajstić information content (AvgIpc) is 2.62. The van der Waals surface area contributed by atoms with E-state index < -0.39 is 5.91 Å². The molecule has 0 spiro atoms. The zero-order valence-corrected chi connectivity index (χ0v) is 9.85. The quantitative estimate of drug-likeness (QED) is 0.736. The highest BCUT2D eigenvalue weighted by molar-refractivity contribution is 5.95. The summed E-state index contributed by atoms with van der Waals surface area (Å²) in [4.78, 5) is 18.1. The van der Waals surface area contributed by atoms with Crippen LogP contribution in [-0.4, -0.2) is 15.9 Å². The van der Waals surface area contributed by atoms with Crippen LogP contribution in [0.4, 0.5) is 5.82 Å². The smallest absolute Gasteiger partial charge is 0.269 e. The molecule has 5 nitrogen and oxygen atoms in total. The van der Waals surface area contributed by atoms with Gasteiger partial charge in [0.1, 0.15) is 11.5 Å². The Morgan fingerprint density at radius 2 is 1.94 bits per heavy atom. The first kappa shape index (κ1) is 12.8. The van der Waals surface area contributed by atoms with Crippen LogP contribution in [0.2, 0.25) is 0 Å². The van der Waals surface area contributed by atoms with E-state index in [-0.39, 0.29) is 23.9 Å². The summed E-state index contributed by atoms with van der Waals surface area (Å²) in [5, 5.41) is 0. The molecule has 1 saturated carbocycles. The number of rotatable bonds is 2. The van der Waals surface area contributed by atoms with E-state index in [2.05, 4.69) is 9.97 Å². The maximum Gasteiger partial charge on any atom is 0.269 e. The van der Waals surface area contributed by atoms with Crippen LogP contribution in [0.15, 0.2) is 0 Å². The Balaban J connectivity index is 0.00000128. The van der Waals surface area contributed by atoms with Gasteiger partial charge in [-0.05, 0) is 12.8 Å². The number of nitrogens with zero attached hydrogens (tertiary/aromatic N) is 1. The van der Waals surface area contributed by atoms with Gasteiger partial charge in [0.15, 0.2) is 5.82 Å². The molecular weight excluding hydrogens is 228 g/mol. The first-order valence-electron chi connectivity index (χ1n) is 5.33. The summed E-state index contributed by atoms with van der Waals surface area (Å²) < 4.78 is 0. The Bertz CT molecular complexity index is 371. The van der Waals surface area contributed by atoms with Crippen molar-refractivity contribution >= 4 is 24.1 Å². The van der Waals surface area contributed by atoms with Gasteiger partial charge in [-0.15, -0.1) is 12.4 Å². The Hall–Kier alpha value is -1.23. The number of hydrogen-bond acceptors (Lipinski definition) is 3. The second-order valence-electron chi connectivity index (χ2n) is 4.08. The molecule has 0 aromatic carbocycles. The maximum atomic E-state index is 11.0. The van der Waals surface area contributed by atoms with Gasteiger partial charge >= 0.3 is 0 Å². The lowest BCUT2D eigenvalue weighted by Gasteiger charge is -2.18. The minimum atomic E-state index is -0.540. The van der Waals surface area contributed by atoms with Crippen LogP contribution < -0.4 is 11.5 Å². The predicted molar refractivity (Wildman–Crippen MR) is 64.6 cm³/mol. The fraction of sp³-hybridized carbons (Fsp3) is 0.600. The first-order valence-corrected chi connectivity index (χ1v) is 5.33. The number of nitrogens with two attached hydrogens (primary N) is 2. The molecule has 16 heavy (non-hydrogen) atoms. The third-order valence-electron chi connectivity index (χ3n) is 2.99. The number of primary amides is 1. The highest BCUT2D eigenvalue weighted by atomic mass is 35.5. The number of aromatic nitrogens is 2. The van der Waals surface area contributed by atoms with E-state index in [0.29, 0.717) is 5.92 Å². The zero-order chi connectivity index (χ0) is 10.8. The molecule has 1 aliphatic rings. The fourth-order valence-electron chi connectivity index (χ4n) is 2.16. The van der Waals surface area contributed by atoms with Gasteiger partial charge in [-0.25, -0.2) is 4.98 Å². The number of nitrogens with one attached hydrogen (secondary N) is 1. The van der Waals surface area contributed by atoms with E-state index in [4.69, 9.17) is 11.5 Å². The molecule has 5 N–H and O–H groups in total. The van der Waals surface area contributed by atoms with Crippen molar-refractivity contribution in [3.05, 3.63) is 11.5 Å². The van der Waals surface area contributed by atoms with Gasteiger partial charge in [0.2, 0.25) is 0 Å². The molecule has 1 heterocycles. The highest BCUT2D eigenvalue weighted by Crippen LogP contribution is 2.31. The minimum Gasteiger partial charge on any atom is -0.382 e. The Morgan fingerprint density at radius 3 is 2.44 bits per heavy atom. The maximum absolute atomic E-state index is 11.0. The molecule has 0 bridgehead atoms. The summed E-state index contributed by atoms with van der Waals surface area (Å²) in [6, 6.07) is 0. The van der Waals surface area contributed by atoms with Gasteiger partial charge in [-0.2, -0.15) is 0 Å². The second kappa shape index (κ2) is 5.21. The normalized spacial score (nSPS) is 16.8. The standard InChI is InChI=1S/C10H16N4O.ClH/c11-8-7(9(12)15)13-10(14-8)6-4-2-1-3-5-6;/h6H,1-5,11H2,(H2,12,15)(H,13,14);1H. The molecule has 0 unspecified atom stereocenters. The largest absolute Gasteiger partial charge is 0.382 e. The second-order valence-corrected chi connectivity index (χ2v) is 4.08. The molecule has 0 radical (unpaired) electrons. The lowest BCUT2D eigenvalue weighted by atomic mass is 9.89. The number of anilines is 1. The molecule has 2 rings (SSSR count). The van der Waals surface area contributed by atoms with Gasteiger partial charge in [0.05, 0.1) is 0 Å². The fourth-order valence-corrected chi connectivity index (χ4v) is 2.16. The number of nitrogen functional groups attached to an aromatic ring is 1. The van der Waals surface area contributed by atoms with Crippen LogP contribution in [0.3, 0.4) is 0 Å². The molecule has 1 aromatic heterocycles. The van der Waals surface area contributed by atoms with Crippen LogP contribution in [-0.2, 0) is 0 Å². The molecular formula is C10H17ClN4O. The summed E-state index contributed by atoms with van der Waals surface area (Å²) in [5.74, 6) is 0.917. The van der Waals surface area contributed by atoms with Gasteiger partial charge < -0.3 is 16.5 Å². The molecule has 0 saturated heterocycles. The van der Waals surface area contributed by atoms with Crippen molar-refractivity contribution in [2.24, 2.45) is 5.73 Å². The van der Waals surface area contributed by atoms with Crippen molar-refractivity contribution < 1.29 is 4.79 Å². The molecule has 1 aliphatic carbocycles. The Morgan fingerprint density at radius 1 is 1.31 bits per heavy atom. The summed E-state index contributed by atoms with van der Waals surface area (Å²) >= 11 is 0. The first-order chi connectivity index (χ1) is 7.18. The lowest BCUT2D eigenvalue weighted by molar-refractivity contribution is 0.0997. The molecule has 0 aliphatic heterocycles. The third kappa shape index (κ3) is 2.47. The molecule has 1 fully saturated rings. The number of imidazole rings is 1. The van der Waals surface area contributed by atoms with Crippen molar-refractivity contribution in [1.29, 1.82) is 0 Å². The average molecular weight is 245 g/mol. The predicted octanol–water partition coefficient (Wildman–Crippen LogP) is 1.56. The number of amides is 1. The van der Waals surface area contributed by atoms with Crippen LogP contribution >= 0.6 is 12.4 Å². The topological polar surface area (TPSA) is 97.8 Å². The lowest BCUT2D eigenvalue weighted by Crippen LogP contribution is -2.13. The monoisotopic (exact) mass is 244 g/mol. The van der Waals surface area contributed by atoms with Gasteiger partial charge in [-0.1, -0.05) is 19.3 Å². The van der Waals surface area contributed by atoms with E-state index >= 15 is 0 Å². The van der Waals surface area contributed by atoms with Crippen LogP contribution in [0, 0.1) is 0 Å². The van der Waals surface area contributed by atoms with Crippen LogP contribution in [0.1, 0.15) is 54.3 Å². The van der Waals surface area contributed by atoms with Crippen LogP contribution in [0.5, 0.6) is 0 Å². The minimum absolute atomic E-state index is 0. The van der Waals surface area contributed by atoms with E-state index in [0.717, 1.165) is 18.7 Å². The molecule has 1 amide bonds. The van der Waals surface area contributed by atoms with Gasteiger partial charge in [0.25, 0.3) is 5.91 Å². The van der Waals surface area contributed by atoms with Crippen molar-refractivity contribution in [2.75, 3.05) is 5.73 Å². The number of halogens is 1. The molecule has 90 valence electrons. The highest BCUT2D eigenvalue weighted by Gasteiger charge is 2.21. The number of aromatic amines is 1. The van der Waals surface area contributed by atoms with Crippen molar-refractivity contribution in [1.82, 2.24) is 9.97 Å². The van der Waals surface area contributed by atoms with E-state index in [1.165, 1.54) is 19.3 Å². The summed E-state index contributed by atoms with van der Waals surface area (Å²) in [6.07, 6.45) is 5.96. The summed E-state index contributed by atoms with van der Waals surface area (Å²) in [5.41, 5.74) is 11.0. The Kier molecular flexibility index (Phi) is 4.18. The van der Waals surface area contributed by atoms with Crippen molar-refractivity contribution in [3.63, 3.8) is 0 Å². The third-order valence-corrected chi connectivity index (χ3v) is 2.99. The molecule has 6 heteroatoms. The Labute approximate surface area is 100 Å². The number of carbonyl (C=O) groups excluding carboxylic acids is 1. The zero-order valence-electron chi connectivity index (χ0n) is 9.03. The SMILES string of the molecule is Cl.NC(=O)c1[nH]c(C2CCCCC2)nc1N. The van der Waals surface area contributed by atoms with Crippen molar-refractivity contribution in [2.45, 2.75) is 38.0 Å². The van der Waals surface area contributed by atoms with Crippen LogP contribution in [0.25, 0.3) is 0 Å². The van der Waals surface area contributed by atoms with E-state index in [1.54, 1.807) is 0 Å². The van der Waals surface area contributed by atoms with Gasteiger partial charge in [-0.3, -0.25) is 4.79 Å². The molecule has 1 aromatic rings. The van der Waals surface area contributed by atoms with E-state index in [1.807, 2.05) is 0 Å². The van der Waals surface area contributed by atoms with Crippen molar-refractivity contribution in [3.8, 4) is 0 Å². The number of H-pyrrole nitrogens is 1. The number of hydrogen-bond donors (Lipinski definition) is 3. The summed E-state index contributed by atoms with van der Waals surface area (Å²) in [6.45, 7) is 0. The van der Waals surface area contributed by atoms with Gasteiger partial charge in [0, 0.05) is 5.92 Å². The number of carbonyl (C=O) groups is 1. The molecule has 0 atom stereocenters.